The van der Waals surface area contributed by atoms with Crippen molar-refractivity contribution in [3.63, 3.8) is 0 Å². The SMILES string of the molecule is CCCNC(C1=CCCCCC1)C1CN2CCN1CC2. The number of rotatable bonds is 5. The predicted molar refractivity (Wildman–Crippen MR) is 85.1 cm³/mol. The van der Waals surface area contributed by atoms with E-state index in [1.54, 1.807) is 5.57 Å². The summed E-state index contributed by atoms with van der Waals surface area (Å²) in [5.41, 5.74) is 1.72. The Hall–Kier alpha value is -0.380. The van der Waals surface area contributed by atoms with Gasteiger partial charge >= 0.3 is 0 Å². The van der Waals surface area contributed by atoms with Crippen molar-refractivity contribution in [1.29, 1.82) is 0 Å². The van der Waals surface area contributed by atoms with Gasteiger partial charge in [0.25, 0.3) is 0 Å². The Labute approximate surface area is 124 Å². The van der Waals surface area contributed by atoms with Gasteiger partial charge in [-0.05, 0) is 38.6 Å². The van der Waals surface area contributed by atoms with Gasteiger partial charge in [-0.25, -0.2) is 0 Å². The van der Waals surface area contributed by atoms with Gasteiger partial charge in [0.1, 0.15) is 0 Å². The lowest BCUT2D eigenvalue weighted by molar-refractivity contribution is 0.00171. The summed E-state index contributed by atoms with van der Waals surface area (Å²) in [5, 5.41) is 3.88. The maximum Gasteiger partial charge on any atom is 0.0449 e. The van der Waals surface area contributed by atoms with Crippen LogP contribution in [0.2, 0.25) is 0 Å². The van der Waals surface area contributed by atoms with Crippen molar-refractivity contribution >= 4 is 0 Å². The maximum absolute atomic E-state index is 3.88. The minimum Gasteiger partial charge on any atom is -0.309 e. The zero-order chi connectivity index (χ0) is 13.8. The molecule has 0 spiro atoms. The van der Waals surface area contributed by atoms with Crippen LogP contribution in [0.4, 0.5) is 0 Å². The van der Waals surface area contributed by atoms with Crippen molar-refractivity contribution in [3.8, 4) is 0 Å². The molecule has 1 N–H and O–H groups in total. The zero-order valence-electron chi connectivity index (χ0n) is 13.1. The Morgan fingerprint density at radius 2 is 2.05 bits per heavy atom. The van der Waals surface area contributed by atoms with Crippen LogP contribution in [0.3, 0.4) is 0 Å². The van der Waals surface area contributed by atoms with E-state index in [4.69, 9.17) is 0 Å². The fraction of sp³-hybridized carbons (Fsp3) is 0.882. The molecule has 4 rings (SSSR count). The molecular weight excluding hydrogens is 246 g/mol. The van der Waals surface area contributed by atoms with Crippen LogP contribution in [0.15, 0.2) is 11.6 Å². The molecular formula is C17H31N3. The number of nitrogens with zero attached hydrogens (tertiary/aromatic N) is 2. The molecule has 3 nitrogen and oxygen atoms in total. The van der Waals surface area contributed by atoms with Crippen LogP contribution in [0.5, 0.6) is 0 Å². The second kappa shape index (κ2) is 7.06. The number of allylic oxidation sites excluding steroid dienone is 1. The molecule has 0 aromatic heterocycles. The first-order chi connectivity index (χ1) is 9.88. The zero-order valence-corrected chi connectivity index (χ0v) is 13.1. The summed E-state index contributed by atoms with van der Waals surface area (Å²) in [6.45, 7) is 9.85. The van der Waals surface area contributed by atoms with Gasteiger partial charge in [-0.3, -0.25) is 9.80 Å². The highest BCUT2D eigenvalue weighted by Crippen LogP contribution is 2.27. The molecule has 3 saturated heterocycles. The Bertz CT molecular complexity index is 331. The molecule has 3 heterocycles. The van der Waals surface area contributed by atoms with E-state index >= 15 is 0 Å². The fourth-order valence-corrected chi connectivity index (χ4v) is 4.11. The van der Waals surface area contributed by atoms with E-state index in [2.05, 4.69) is 28.1 Å². The molecule has 0 aromatic carbocycles. The summed E-state index contributed by atoms with van der Waals surface area (Å²) < 4.78 is 0. The highest BCUT2D eigenvalue weighted by molar-refractivity contribution is 5.17. The molecule has 2 unspecified atom stereocenters. The van der Waals surface area contributed by atoms with Crippen LogP contribution >= 0.6 is 0 Å². The van der Waals surface area contributed by atoms with Gasteiger partial charge in [0.05, 0.1) is 0 Å². The molecule has 2 atom stereocenters. The lowest BCUT2D eigenvalue weighted by Gasteiger charge is -2.50. The van der Waals surface area contributed by atoms with Gasteiger partial charge < -0.3 is 5.32 Å². The van der Waals surface area contributed by atoms with Gasteiger partial charge in [-0.2, -0.15) is 0 Å². The van der Waals surface area contributed by atoms with Gasteiger partial charge in [0.2, 0.25) is 0 Å². The maximum atomic E-state index is 3.88. The van der Waals surface area contributed by atoms with Crippen molar-refractivity contribution in [3.05, 3.63) is 11.6 Å². The summed E-state index contributed by atoms with van der Waals surface area (Å²) in [5.74, 6) is 0. The van der Waals surface area contributed by atoms with Gasteiger partial charge in [-0.15, -0.1) is 0 Å². The van der Waals surface area contributed by atoms with Crippen LogP contribution in [0.1, 0.15) is 45.4 Å². The Balaban J connectivity index is 1.73. The summed E-state index contributed by atoms with van der Waals surface area (Å²) in [6.07, 6.45) is 10.6. The van der Waals surface area contributed by atoms with E-state index in [9.17, 15) is 0 Å². The number of hydrogen-bond acceptors (Lipinski definition) is 3. The van der Waals surface area contributed by atoms with Crippen molar-refractivity contribution in [1.82, 2.24) is 15.1 Å². The minimum atomic E-state index is 0.608. The minimum absolute atomic E-state index is 0.608. The first-order valence-electron chi connectivity index (χ1n) is 8.77. The second-order valence-electron chi connectivity index (χ2n) is 6.71. The molecule has 3 fully saturated rings. The number of hydrogen-bond donors (Lipinski definition) is 1. The first-order valence-corrected chi connectivity index (χ1v) is 8.77. The topological polar surface area (TPSA) is 18.5 Å². The predicted octanol–water partition coefficient (Wildman–Crippen LogP) is 2.24. The van der Waals surface area contributed by atoms with Crippen molar-refractivity contribution in [2.24, 2.45) is 0 Å². The van der Waals surface area contributed by atoms with Gasteiger partial charge in [0, 0.05) is 44.8 Å². The average molecular weight is 277 g/mol. The molecule has 1 aliphatic carbocycles. The standard InChI is InChI=1S/C17H31N3/c1-2-9-18-17(15-7-5-3-4-6-8-15)16-14-19-10-12-20(16)13-11-19/h7,16-18H,2-6,8-14H2,1H3. The smallest absolute Gasteiger partial charge is 0.0449 e. The molecule has 114 valence electrons. The first kappa shape index (κ1) is 14.6. The van der Waals surface area contributed by atoms with Crippen molar-refractivity contribution in [2.45, 2.75) is 57.5 Å². The lowest BCUT2D eigenvalue weighted by atomic mass is 9.91. The van der Waals surface area contributed by atoms with E-state index in [0.29, 0.717) is 12.1 Å². The highest BCUT2D eigenvalue weighted by Gasteiger charge is 2.37. The third-order valence-corrected chi connectivity index (χ3v) is 5.30. The normalized spacial score (nSPS) is 35.5. The third kappa shape index (κ3) is 3.26. The third-order valence-electron chi connectivity index (χ3n) is 5.30. The largest absolute Gasteiger partial charge is 0.309 e. The van der Waals surface area contributed by atoms with Gasteiger partial charge in [0.15, 0.2) is 0 Å². The van der Waals surface area contributed by atoms with Crippen LogP contribution in [0.25, 0.3) is 0 Å². The van der Waals surface area contributed by atoms with Crippen LogP contribution in [0, 0.1) is 0 Å². The number of fused-ring (bicyclic) bond motifs is 3. The van der Waals surface area contributed by atoms with Crippen molar-refractivity contribution < 1.29 is 0 Å². The number of nitrogens with one attached hydrogen (secondary N) is 1. The molecule has 4 aliphatic rings. The van der Waals surface area contributed by atoms with Crippen LogP contribution < -0.4 is 5.32 Å². The number of piperazine rings is 3. The monoisotopic (exact) mass is 277 g/mol. The molecule has 2 bridgehead atoms. The molecule has 0 saturated carbocycles. The Morgan fingerprint density at radius 3 is 2.75 bits per heavy atom. The van der Waals surface area contributed by atoms with E-state index in [-0.39, 0.29) is 0 Å². The van der Waals surface area contributed by atoms with Crippen molar-refractivity contribution in [2.75, 3.05) is 39.3 Å². The summed E-state index contributed by atoms with van der Waals surface area (Å²) in [6, 6.07) is 1.32. The Kier molecular flexibility index (Phi) is 5.14. The summed E-state index contributed by atoms with van der Waals surface area (Å²) in [4.78, 5) is 5.42. The molecule has 3 aliphatic heterocycles. The Morgan fingerprint density at radius 1 is 1.20 bits per heavy atom. The summed E-state index contributed by atoms with van der Waals surface area (Å²) in [7, 11) is 0. The molecule has 20 heavy (non-hydrogen) atoms. The summed E-state index contributed by atoms with van der Waals surface area (Å²) >= 11 is 0. The van der Waals surface area contributed by atoms with E-state index in [0.717, 1.165) is 6.54 Å². The van der Waals surface area contributed by atoms with Crippen LogP contribution in [-0.2, 0) is 0 Å². The van der Waals surface area contributed by atoms with Gasteiger partial charge in [-0.1, -0.05) is 25.0 Å². The lowest BCUT2D eigenvalue weighted by Crippen LogP contribution is -2.66. The van der Waals surface area contributed by atoms with E-state index in [1.807, 2.05) is 0 Å². The molecule has 0 radical (unpaired) electrons. The molecule has 3 heteroatoms. The fourth-order valence-electron chi connectivity index (χ4n) is 4.11. The second-order valence-corrected chi connectivity index (χ2v) is 6.71. The van der Waals surface area contributed by atoms with E-state index < -0.39 is 0 Å². The van der Waals surface area contributed by atoms with E-state index in [1.165, 1.54) is 71.2 Å². The van der Waals surface area contributed by atoms with Crippen LogP contribution in [-0.4, -0.2) is 61.2 Å². The molecule has 0 aromatic rings. The average Bonchev–Trinajstić information content (AvgIpc) is 2.78. The highest BCUT2D eigenvalue weighted by atomic mass is 15.4. The quantitative estimate of drug-likeness (QED) is 0.778. The molecule has 0 amide bonds.